The number of sulfone groups is 1. The van der Waals surface area contributed by atoms with E-state index in [1.165, 1.54) is 23.3 Å². The summed E-state index contributed by atoms with van der Waals surface area (Å²) in [6.45, 7) is 2.24. The van der Waals surface area contributed by atoms with Crippen molar-refractivity contribution in [2.24, 2.45) is 5.10 Å². The fourth-order valence-electron chi connectivity index (χ4n) is 3.12. The summed E-state index contributed by atoms with van der Waals surface area (Å²) in [5, 5.41) is 7.71. The number of nitrogens with one attached hydrogen (secondary N) is 1. The minimum atomic E-state index is -4.09. The predicted molar refractivity (Wildman–Crippen MR) is 115 cm³/mol. The maximum absolute atomic E-state index is 13.1. The van der Waals surface area contributed by atoms with Crippen molar-refractivity contribution in [2.45, 2.75) is 18.2 Å². The van der Waals surface area contributed by atoms with Gasteiger partial charge >= 0.3 is 0 Å². The van der Waals surface area contributed by atoms with Gasteiger partial charge in [-0.1, -0.05) is 48.0 Å². The molecule has 0 saturated heterocycles. The maximum atomic E-state index is 13.1. The number of pyridine rings is 1. The van der Waals surface area contributed by atoms with Crippen LogP contribution in [0.4, 0.5) is 11.5 Å². The molecule has 0 unspecified atom stereocenters. The van der Waals surface area contributed by atoms with Crippen LogP contribution in [0.1, 0.15) is 11.1 Å². The molecule has 0 spiro atoms. The Labute approximate surface area is 175 Å². The number of hydrazone groups is 1. The van der Waals surface area contributed by atoms with Gasteiger partial charge in [-0.2, -0.15) is 0 Å². The minimum Gasteiger partial charge on any atom is -0.350 e. The molecule has 0 bridgehead atoms. The van der Waals surface area contributed by atoms with E-state index in [0.29, 0.717) is 18.7 Å². The molecule has 8 heteroatoms. The van der Waals surface area contributed by atoms with Crippen molar-refractivity contribution in [3.8, 4) is 0 Å². The van der Waals surface area contributed by atoms with Crippen LogP contribution >= 0.6 is 0 Å². The maximum Gasteiger partial charge on any atom is 0.284 e. The summed E-state index contributed by atoms with van der Waals surface area (Å²) in [5.74, 6) is -0.570. The molecule has 0 radical (unpaired) electrons. The topological polar surface area (TPSA) is 91.7 Å². The van der Waals surface area contributed by atoms with Crippen LogP contribution in [-0.2, 0) is 21.1 Å². The Kier molecular flexibility index (Phi) is 5.33. The van der Waals surface area contributed by atoms with Crippen LogP contribution < -0.4 is 10.3 Å². The van der Waals surface area contributed by atoms with Crippen LogP contribution in [0.2, 0.25) is 0 Å². The van der Waals surface area contributed by atoms with Crippen LogP contribution in [0, 0.1) is 6.92 Å². The molecule has 0 saturated carbocycles. The molecule has 1 aliphatic rings. The molecular formula is C22H20N4O3S. The van der Waals surface area contributed by atoms with Gasteiger partial charge in [0, 0.05) is 12.7 Å². The zero-order valence-corrected chi connectivity index (χ0v) is 17.1. The highest BCUT2D eigenvalue weighted by Gasteiger charge is 2.38. The molecule has 1 N–H and O–H groups in total. The Morgan fingerprint density at radius 3 is 2.47 bits per heavy atom. The minimum absolute atomic E-state index is 0.0474. The van der Waals surface area contributed by atoms with E-state index in [1.54, 1.807) is 12.1 Å². The van der Waals surface area contributed by atoms with Gasteiger partial charge in [0.15, 0.2) is 5.82 Å². The van der Waals surface area contributed by atoms with E-state index in [9.17, 15) is 13.2 Å². The molecule has 2 heterocycles. The van der Waals surface area contributed by atoms with Crippen LogP contribution in [0.25, 0.3) is 0 Å². The second-order valence-corrected chi connectivity index (χ2v) is 8.71. The highest BCUT2D eigenvalue weighted by molar-refractivity contribution is 8.08. The number of hydrogen-bond donors (Lipinski definition) is 1. The smallest absolute Gasteiger partial charge is 0.284 e. The first kappa shape index (κ1) is 19.8. The lowest BCUT2D eigenvalue weighted by molar-refractivity contribution is -0.114. The van der Waals surface area contributed by atoms with E-state index < -0.39 is 20.8 Å². The van der Waals surface area contributed by atoms with Crippen molar-refractivity contribution in [3.05, 3.63) is 84.1 Å². The van der Waals surface area contributed by atoms with E-state index >= 15 is 0 Å². The molecule has 152 valence electrons. The van der Waals surface area contributed by atoms with Gasteiger partial charge < -0.3 is 5.32 Å². The monoisotopic (exact) mass is 420 g/mol. The second kappa shape index (κ2) is 8.08. The van der Waals surface area contributed by atoms with Crippen LogP contribution in [0.3, 0.4) is 0 Å². The predicted octanol–water partition coefficient (Wildman–Crippen LogP) is 2.99. The third-order valence-electron chi connectivity index (χ3n) is 4.70. The summed E-state index contributed by atoms with van der Waals surface area (Å²) in [4.78, 5) is 16.9. The lowest BCUT2D eigenvalue weighted by Crippen LogP contribution is -2.41. The van der Waals surface area contributed by atoms with E-state index in [2.05, 4.69) is 15.4 Å². The molecule has 0 aliphatic carbocycles. The number of benzene rings is 2. The van der Waals surface area contributed by atoms with Crippen molar-refractivity contribution in [2.75, 3.05) is 11.6 Å². The molecule has 7 nitrogen and oxygen atoms in total. The number of amides is 1. The van der Waals surface area contributed by atoms with Crippen molar-refractivity contribution in [3.63, 3.8) is 0 Å². The average molecular weight is 420 g/mol. The molecule has 2 aromatic carbocycles. The standard InChI is InChI=1S/C22H20N4O3S/c1-16-9-11-18(12-10-16)26-20-19(8-5-14-23-20)30(28,29)22(25-26)21(27)24-15-13-17-6-3-2-4-7-17/h2-12,14H,13,15H2,1H3,(H,24,27). The van der Waals surface area contributed by atoms with Gasteiger partial charge in [-0.25, -0.2) is 18.4 Å². The molecule has 30 heavy (non-hydrogen) atoms. The summed E-state index contributed by atoms with van der Waals surface area (Å²) in [6.07, 6.45) is 2.08. The first-order valence-electron chi connectivity index (χ1n) is 9.44. The molecule has 0 fully saturated rings. The Morgan fingerprint density at radius 2 is 1.73 bits per heavy atom. The van der Waals surface area contributed by atoms with Crippen LogP contribution in [0.5, 0.6) is 0 Å². The highest BCUT2D eigenvalue weighted by atomic mass is 32.2. The Hall–Kier alpha value is -3.52. The summed E-state index contributed by atoms with van der Waals surface area (Å²) < 4.78 is 26.1. The fourth-order valence-corrected chi connectivity index (χ4v) is 4.47. The molecule has 1 aromatic heterocycles. The van der Waals surface area contributed by atoms with Gasteiger partial charge in [0.05, 0.1) is 5.69 Å². The van der Waals surface area contributed by atoms with E-state index in [1.807, 2.05) is 49.4 Å². The number of anilines is 2. The van der Waals surface area contributed by atoms with Gasteiger partial charge in [-0.3, -0.25) is 4.79 Å². The largest absolute Gasteiger partial charge is 0.350 e. The Balaban J connectivity index is 1.65. The van der Waals surface area contributed by atoms with Gasteiger partial charge in [-0.05, 0) is 43.2 Å². The number of hydrogen-bond acceptors (Lipinski definition) is 6. The quantitative estimate of drug-likeness (QED) is 0.685. The number of carbonyl (C=O) groups is 1. The number of nitrogens with zero attached hydrogens (tertiary/aromatic N) is 3. The average Bonchev–Trinajstić information content (AvgIpc) is 2.75. The lowest BCUT2D eigenvalue weighted by Gasteiger charge is -2.26. The first-order valence-corrected chi connectivity index (χ1v) is 10.9. The van der Waals surface area contributed by atoms with E-state index in [0.717, 1.165) is 11.1 Å². The van der Waals surface area contributed by atoms with Gasteiger partial charge in [0.2, 0.25) is 14.9 Å². The zero-order chi connectivity index (χ0) is 21.1. The number of aryl methyl sites for hydroxylation is 1. The van der Waals surface area contributed by atoms with Gasteiger partial charge in [0.25, 0.3) is 5.91 Å². The SMILES string of the molecule is Cc1ccc(N2N=C(C(=O)NCCc3ccccc3)S(=O)(=O)c3cccnc32)cc1. The molecule has 3 aromatic rings. The van der Waals surface area contributed by atoms with E-state index in [-0.39, 0.29) is 10.7 Å². The number of carbonyl (C=O) groups excluding carboxylic acids is 1. The van der Waals surface area contributed by atoms with E-state index in [4.69, 9.17) is 0 Å². The fraction of sp³-hybridized carbons (Fsp3) is 0.136. The summed E-state index contributed by atoms with van der Waals surface area (Å²) in [7, 11) is -4.09. The van der Waals surface area contributed by atoms with Crippen molar-refractivity contribution >= 4 is 32.3 Å². The van der Waals surface area contributed by atoms with Gasteiger partial charge in [-0.15, -0.1) is 5.10 Å². The summed E-state index contributed by atoms with van der Waals surface area (Å²) in [5.41, 5.74) is 2.71. The molecule has 4 rings (SSSR count). The molecule has 0 atom stereocenters. The van der Waals surface area contributed by atoms with Crippen molar-refractivity contribution in [1.82, 2.24) is 10.3 Å². The van der Waals surface area contributed by atoms with Crippen molar-refractivity contribution < 1.29 is 13.2 Å². The molecular weight excluding hydrogens is 400 g/mol. The second-order valence-electron chi connectivity index (χ2n) is 6.87. The third-order valence-corrected chi connectivity index (χ3v) is 6.38. The van der Waals surface area contributed by atoms with Crippen LogP contribution in [-0.4, -0.2) is 30.9 Å². The Morgan fingerprint density at radius 1 is 1.00 bits per heavy atom. The third kappa shape index (κ3) is 3.81. The molecule has 1 amide bonds. The summed E-state index contributed by atoms with van der Waals surface area (Å²) >= 11 is 0. The van der Waals surface area contributed by atoms with Gasteiger partial charge in [0.1, 0.15) is 4.90 Å². The van der Waals surface area contributed by atoms with Crippen molar-refractivity contribution in [1.29, 1.82) is 0 Å². The number of fused-ring (bicyclic) bond motifs is 1. The molecule has 1 aliphatic heterocycles. The normalized spacial score (nSPS) is 14.6. The number of aromatic nitrogens is 1. The number of rotatable bonds is 5. The zero-order valence-electron chi connectivity index (χ0n) is 16.3. The summed E-state index contributed by atoms with van der Waals surface area (Å²) in [6, 6.07) is 20.0. The van der Waals surface area contributed by atoms with Crippen LogP contribution in [0.15, 0.2) is 82.9 Å². The lowest BCUT2D eigenvalue weighted by atomic mass is 10.1. The Bertz CT molecular complexity index is 1210. The highest BCUT2D eigenvalue weighted by Crippen LogP contribution is 2.34. The first-order chi connectivity index (χ1) is 14.5.